The van der Waals surface area contributed by atoms with Gasteiger partial charge in [-0.25, -0.2) is 8.42 Å². The maximum atomic E-state index is 13.5. The van der Waals surface area contributed by atoms with Gasteiger partial charge in [-0.2, -0.15) is 0 Å². The van der Waals surface area contributed by atoms with E-state index in [1.54, 1.807) is 42.5 Å². The Morgan fingerprint density at radius 3 is 2.44 bits per heavy atom. The van der Waals surface area contributed by atoms with Gasteiger partial charge >= 0.3 is 0 Å². The van der Waals surface area contributed by atoms with Crippen molar-refractivity contribution in [2.24, 2.45) is 0 Å². The number of rotatable bonds is 9. The molecule has 0 spiro atoms. The number of hydrogen-bond donors (Lipinski definition) is 1. The number of aryl methyl sites for hydroxylation is 2. The molecule has 10 heteroatoms. The number of anilines is 1. The van der Waals surface area contributed by atoms with Crippen LogP contribution in [-0.2, 0) is 21.4 Å². The molecule has 1 amide bonds. The average Bonchev–Trinajstić information content (AvgIpc) is 3.11. The van der Waals surface area contributed by atoms with E-state index < -0.39 is 22.5 Å². The Bertz CT molecular complexity index is 1170. The highest BCUT2D eigenvalue weighted by molar-refractivity contribution is 7.93. The molecule has 0 fully saturated rings. The molecule has 0 saturated carbocycles. The minimum Gasteiger partial charge on any atom is -0.494 e. The summed E-state index contributed by atoms with van der Waals surface area (Å²) in [6.07, 6.45) is 0. The second kappa shape index (κ2) is 10.1. The van der Waals surface area contributed by atoms with Crippen LogP contribution in [0.4, 0.5) is 5.69 Å². The molecule has 0 saturated heterocycles. The van der Waals surface area contributed by atoms with Crippen LogP contribution in [0, 0.1) is 13.8 Å². The zero-order valence-electron chi connectivity index (χ0n) is 18.0. The van der Waals surface area contributed by atoms with Gasteiger partial charge < -0.3 is 14.6 Å². The van der Waals surface area contributed by atoms with E-state index in [2.05, 4.69) is 10.5 Å². The molecule has 1 aromatic heterocycles. The number of halogens is 1. The van der Waals surface area contributed by atoms with Crippen molar-refractivity contribution in [3.63, 3.8) is 0 Å². The van der Waals surface area contributed by atoms with E-state index in [9.17, 15) is 13.2 Å². The van der Waals surface area contributed by atoms with Crippen molar-refractivity contribution in [1.29, 1.82) is 0 Å². The predicted octanol–water partition coefficient (Wildman–Crippen LogP) is 3.86. The molecule has 3 aromatic rings. The van der Waals surface area contributed by atoms with Crippen molar-refractivity contribution in [2.75, 3.05) is 17.5 Å². The van der Waals surface area contributed by atoms with Gasteiger partial charge in [0.15, 0.2) is 10.7 Å². The molecular weight excluding hydrogens is 454 g/mol. The molecule has 0 bridgehead atoms. The summed E-state index contributed by atoms with van der Waals surface area (Å²) in [6.45, 7) is 5.11. The molecule has 0 unspecified atom stereocenters. The van der Waals surface area contributed by atoms with Gasteiger partial charge in [-0.3, -0.25) is 9.10 Å². The molecule has 1 N–H and O–H groups in total. The molecule has 0 aliphatic heterocycles. The number of carbonyl (C=O) groups excluding carboxylic acids is 1. The molecule has 0 atom stereocenters. The summed E-state index contributed by atoms with van der Waals surface area (Å²) in [5, 5.41) is 6.98. The SMILES string of the molecule is CCOc1ccc(N(CC(=O)NCc2ccccc2Cl)S(=O)(=O)c2c(C)noc2C)cc1. The first-order chi connectivity index (χ1) is 15.2. The van der Waals surface area contributed by atoms with Crippen LogP contribution in [-0.4, -0.2) is 32.6 Å². The fraction of sp³-hybridized carbons (Fsp3) is 0.273. The lowest BCUT2D eigenvalue weighted by molar-refractivity contribution is -0.119. The van der Waals surface area contributed by atoms with Crippen LogP contribution in [0.2, 0.25) is 5.02 Å². The lowest BCUT2D eigenvalue weighted by Crippen LogP contribution is -2.41. The number of carbonyl (C=O) groups is 1. The lowest BCUT2D eigenvalue weighted by atomic mass is 10.2. The number of ether oxygens (including phenoxy) is 1. The number of sulfonamides is 1. The number of benzene rings is 2. The van der Waals surface area contributed by atoms with E-state index in [1.807, 2.05) is 13.0 Å². The van der Waals surface area contributed by atoms with Crippen molar-refractivity contribution in [1.82, 2.24) is 10.5 Å². The number of amides is 1. The first-order valence-corrected chi connectivity index (χ1v) is 11.7. The fourth-order valence-electron chi connectivity index (χ4n) is 3.17. The molecule has 1 heterocycles. The van der Waals surface area contributed by atoms with Crippen LogP contribution in [0.5, 0.6) is 5.75 Å². The van der Waals surface area contributed by atoms with Gasteiger partial charge in [-0.05, 0) is 56.7 Å². The van der Waals surface area contributed by atoms with Gasteiger partial charge in [0, 0.05) is 11.6 Å². The minimum atomic E-state index is -4.13. The van der Waals surface area contributed by atoms with Gasteiger partial charge in [0.2, 0.25) is 5.91 Å². The van der Waals surface area contributed by atoms with E-state index >= 15 is 0 Å². The van der Waals surface area contributed by atoms with Gasteiger partial charge in [0.1, 0.15) is 18.0 Å². The zero-order valence-corrected chi connectivity index (χ0v) is 19.5. The second-order valence-electron chi connectivity index (χ2n) is 6.96. The summed E-state index contributed by atoms with van der Waals surface area (Å²) in [7, 11) is -4.13. The van der Waals surface area contributed by atoms with Gasteiger partial charge in [0.25, 0.3) is 10.0 Å². The normalized spacial score (nSPS) is 11.2. The summed E-state index contributed by atoms with van der Waals surface area (Å²) >= 11 is 6.14. The first-order valence-electron chi connectivity index (χ1n) is 9.92. The molecule has 3 rings (SSSR count). The Balaban J connectivity index is 1.90. The summed E-state index contributed by atoms with van der Waals surface area (Å²) < 4.78 is 38.5. The standard InChI is InChI=1S/C22H24ClN3O5S/c1-4-30-19-11-9-18(10-12-19)26(32(28,29)22-15(2)25-31-16(22)3)14-21(27)24-13-17-7-5-6-8-20(17)23/h5-12H,4,13-14H2,1-3H3,(H,24,27). The third-order valence-electron chi connectivity index (χ3n) is 4.67. The molecule has 8 nitrogen and oxygen atoms in total. The molecule has 0 aliphatic rings. The zero-order chi connectivity index (χ0) is 23.3. The number of hydrogen-bond acceptors (Lipinski definition) is 6. The van der Waals surface area contributed by atoms with Gasteiger partial charge in [-0.15, -0.1) is 0 Å². The Hall–Kier alpha value is -3.04. The molecule has 32 heavy (non-hydrogen) atoms. The van der Waals surface area contributed by atoms with Gasteiger partial charge in [-0.1, -0.05) is 35.0 Å². The highest BCUT2D eigenvalue weighted by Crippen LogP contribution is 2.29. The molecule has 170 valence electrons. The Kier molecular flexibility index (Phi) is 7.42. The van der Waals surface area contributed by atoms with Crippen molar-refractivity contribution in [3.05, 3.63) is 70.6 Å². The van der Waals surface area contributed by atoms with E-state index in [-0.39, 0.29) is 22.9 Å². The van der Waals surface area contributed by atoms with E-state index in [1.165, 1.54) is 13.8 Å². The Morgan fingerprint density at radius 2 is 1.84 bits per heavy atom. The first kappa shape index (κ1) is 23.6. The quantitative estimate of drug-likeness (QED) is 0.502. The van der Waals surface area contributed by atoms with Crippen molar-refractivity contribution in [3.8, 4) is 5.75 Å². The average molecular weight is 478 g/mol. The Morgan fingerprint density at radius 1 is 1.16 bits per heavy atom. The van der Waals surface area contributed by atoms with Crippen LogP contribution < -0.4 is 14.4 Å². The van der Waals surface area contributed by atoms with Crippen LogP contribution >= 0.6 is 11.6 Å². The molecule has 0 aliphatic carbocycles. The van der Waals surface area contributed by atoms with Crippen LogP contribution in [0.25, 0.3) is 0 Å². The number of nitrogens with zero attached hydrogens (tertiary/aromatic N) is 2. The monoisotopic (exact) mass is 477 g/mol. The third-order valence-corrected chi connectivity index (χ3v) is 7.06. The van der Waals surface area contributed by atoms with Crippen molar-refractivity contribution < 1.29 is 22.5 Å². The third kappa shape index (κ3) is 5.23. The van der Waals surface area contributed by atoms with Gasteiger partial charge in [0.05, 0.1) is 12.3 Å². The van der Waals surface area contributed by atoms with Crippen molar-refractivity contribution in [2.45, 2.75) is 32.2 Å². The van der Waals surface area contributed by atoms with Crippen LogP contribution in [0.1, 0.15) is 23.9 Å². The van der Waals surface area contributed by atoms with Crippen molar-refractivity contribution >= 4 is 33.2 Å². The smallest absolute Gasteiger partial charge is 0.270 e. The highest BCUT2D eigenvalue weighted by Gasteiger charge is 2.32. The summed E-state index contributed by atoms with van der Waals surface area (Å²) in [6, 6.07) is 13.6. The lowest BCUT2D eigenvalue weighted by Gasteiger charge is -2.24. The summed E-state index contributed by atoms with van der Waals surface area (Å²) in [4.78, 5) is 12.7. The summed E-state index contributed by atoms with van der Waals surface area (Å²) in [5.74, 6) is 0.248. The molecular formula is C22H24ClN3O5S. The van der Waals surface area contributed by atoms with E-state index in [0.717, 1.165) is 9.87 Å². The highest BCUT2D eigenvalue weighted by atomic mass is 35.5. The second-order valence-corrected chi connectivity index (χ2v) is 9.17. The summed E-state index contributed by atoms with van der Waals surface area (Å²) in [5.41, 5.74) is 1.25. The molecule has 0 radical (unpaired) electrons. The number of aromatic nitrogens is 1. The maximum Gasteiger partial charge on any atom is 0.270 e. The molecule has 2 aromatic carbocycles. The minimum absolute atomic E-state index is 0.0645. The van der Waals surface area contributed by atoms with Crippen LogP contribution in [0.3, 0.4) is 0 Å². The number of nitrogens with one attached hydrogen (secondary N) is 1. The van der Waals surface area contributed by atoms with E-state index in [4.69, 9.17) is 20.9 Å². The van der Waals surface area contributed by atoms with E-state index in [0.29, 0.717) is 23.1 Å². The predicted molar refractivity (Wildman–Crippen MR) is 121 cm³/mol. The largest absolute Gasteiger partial charge is 0.494 e. The fourth-order valence-corrected chi connectivity index (χ4v) is 5.09. The topological polar surface area (TPSA) is 102 Å². The van der Waals surface area contributed by atoms with Crippen LogP contribution in [0.15, 0.2) is 57.9 Å². The Labute approximate surface area is 192 Å². The maximum absolute atomic E-state index is 13.5.